The molecule has 0 fully saturated rings. The summed E-state index contributed by atoms with van der Waals surface area (Å²) in [6.07, 6.45) is 0.779. The molecule has 1 rings (SSSR count). The van der Waals surface area contributed by atoms with Crippen LogP contribution in [0.25, 0.3) is 0 Å². The van der Waals surface area contributed by atoms with E-state index in [1.165, 1.54) is 6.07 Å². The van der Waals surface area contributed by atoms with Crippen molar-refractivity contribution >= 4 is 11.4 Å². The van der Waals surface area contributed by atoms with Gasteiger partial charge >= 0.3 is 0 Å². The highest BCUT2D eigenvalue weighted by Crippen LogP contribution is 2.22. The highest BCUT2D eigenvalue weighted by Gasteiger charge is 2.10. The minimum Gasteiger partial charge on any atom is -0.393 e. The molecule has 2 N–H and O–H groups in total. The molecule has 0 aliphatic rings. The van der Waals surface area contributed by atoms with Gasteiger partial charge in [-0.1, -0.05) is 13.0 Å². The predicted octanol–water partition coefficient (Wildman–Crippen LogP) is 1.74. The van der Waals surface area contributed by atoms with E-state index >= 15 is 0 Å². The predicted molar refractivity (Wildman–Crippen MR) is 46.9 cm³/mol. The van der Waals surface area contributed by atoms with Crippen molar-refractivity contribution in [2.45, 2.75) is 13.3 Å². The number of nitro groups is 1. The van der Waals surface area contributed by atoms with Crippen LogP contribution in [0.15, 0.2) is 18.2 Å². The first kappa shape index (κ1) is 8.52. The minimum absolute atomic E-state index is 0.00523. The number of hydrogen-bond donors (Lipinski definition) is 1. The molecule has 0 aromatic heterocycles. The lowest BCUT2D eigenvalue weighted by Gasteiger charge is -1.98. The Morgan fingerprint density at radius 3 is 2.75 bits per heavy atom. The van der Waals surface area contributed by atoms with Crippen LogP contribution in [-0.4, -0.2) is 4.92 Å². The monoisotopic (exact) mass is 166 g/mol. The fourth-order valence-electron chi connectivity index (χ4n) is 0.967. The summed E-state index contributed by atoms with van der Waals surface area (Å²) in [6, 6.07) is 4.87. The Kier molecular flexibility index (Phi) is 2.28. The van der Waals surface area contributed by atoms with E-state index in [-0.39, 0.29) is 11.4 Å². The zero-order valence-corrected chi connectivity index (χ0v) is 6.78. The minimum atomic E-state index is -0.464. The van der Waals surface area contributed by atoms with Crippen molar-refractivity contribution in [3.05, 3.63) is 33.9 Å². The molecule has 1 aromatic rings. The summed E-state index contributed by atoms with van der Waals surface area (Å²) in [5.41, 5.74) is 6.54. The summed E-state index contributed by atoms with van der Waals surface area (Å²) in [5.74, 6) is 0. The van der Waals surface area contributed by atoms with Crippen LogP contribution in [0, 0.1) is 10.1 Å². The first-order valence-electron chi connectivity index (χ1n) is 3.68. The highest BCUT2D eigenvalue weighted by atomic mass is 16.6. The highest BCUT2D eigenvalue weighted by molar-refractivity contribution is 5.59. The lowest BCUT2D eigenvalue weighted by atomic mass is 10.1. The van der Waals surface area contributed by atoms with Gasteiger partial charge in [0.15, 0.2) is 0 Å². The Morgan fingerprint density at radius 2 is 2.25 bits per heavy atom. The van der Waals surface area contributed by atoms with Crippen molar-refractivity contribution in [1.82, 2.24) is 0 Å². The van der Waals surface area contributed by atoms with Crippen LogP contribution in [-0.2, 0) is 6.42 Å². The van der Waals surface area contributed by atoms with E-state index in [1.807, 2.05) is 6.92 Å². The molecule has 4 nitrogen and oxygen atoms in total. The van der Waals surface area contributed by atoms with Crippen LogP contribution >= 0.6 is 0 Å². The maximum Gasteiger partial charge on any atom is 0.292 e. The van der Waals surface area contributed by atoms with Gasteiger partial charge in [0.2, 0.25) is 0 Å². The van der Waals surface area contributed by atoms with Crippen molar-refractivity contribution in [2.75, 3.05) is 5.73 Å². The van der Waals surface area contributed by atoms with Gasteiger partial charge in [-0.25, -0.2) is 0 Å². The smallest absolute Gasteiger partial charge is 0.292 e. The summed E-state index contributed by atoms with van der Waals surface area (Å²) in [5, 5.41) is 10.4. The molecule has 0 spiro atoms. The maximum absolute atomic E-state index is 10.4. The second kappa shape index (κ2) is 3.21. The van der Waals surface area contributed by atoms with E-state index in [4.69, 9.17) is 5.73 Å². The van der Waals surface area contributed by atoms with Crippen LogP contribution in [0.3, 0.4) is 0 Å². The zero-order valence-electron chi connectivity index (χ0n) is 6.78. The summed E-state index contributed by atoms with van der Waals surface area (Å²) in [7, 11) is 0. The average Bonchev–Trinajstić information content (AvgIpc) is 2.05. The molecule has 0 atom stereocenters. The van der Waals surface area contributed by atoms with E-state index < -0.39 is 4.92 Å². The summed E-state index contributed by atoms with van der Waals surface area (Å²) in [6.45, 7) is 1.94. The van der Waals surface area contributed by atoms with Crippen LogP contribution in [0.5, 0.6) is 0 Å². The first-order chi connectivity index (χ1) is 5.65. The van der Waals surface area contributed by atoms with E-state index in [9.17, 15) is 10.1 Å². The third kappa shape index (κ3) is 1.53. The number of nitrogen functional groups attached to an aromatic ring is 1. The number of hydrogen-bond acceptors (Lipinski definition) is 3. The van der Waals surface area contributed by atoms with Gasteiger partial charge < -0.3 is 5.73 Å². The third-order valence-corrected chi connectivity index (χ3v) is 1.70. The molecule has 0 saturated carbocycles. The number of benzene rings is 1. The number of nitrogens with zero attached hydrogens (tertiary/aromatic N) is 1. The normalized spacial score (nSPS) is 9.75. The SMILES string of the molecule is CCc1ccc(N)c([N+](=O)[O-])c1. The second-order valence-electron chi connectivity index (χ2n) is 2.50. The number of anilines is 1. The van der Waals surface area contributed by atoms with E-state index in [2.05, 4.69) is 0 Å². The van der Waals surface area contributed by atoms with Gasteiger partial charge in [0.05, 0.1) is 4.92 Å². The van der Waals surface area contributed by atoms with Crippen LogP contribution in [0.2, 0.25) is 0 Å². The van der Waals surface area contributed by atoms with Gasteiger partial charge in [-0.2, -0.15) is 0 Å². The molecule has 0 bridgehead atoms. The van der Waals surface area contributed by atoms with Crippen LogP contribution in [0.1, 0.15) is 12.5 Å². The molecule has 1 aromatic carbocycles. The summed E-state index contributed by atoms with van der Waals surface area (Å²) >= 11 is 0. The number of rotatable bonds is 2. The lowest BCUT2D eigenvalue weighted by Crippen LogP contribution is -1.96. The van der Waals surface area contributed by atoms with E-state index in [0.717, 1.165) is 12.0 Å². The zero-order chi connectivity index (χ0) is 9.14. The van der Waals surface area contributed by atoms with Crippen LogP contribution in [0.4, 0.5) is 11.4 Å². The number of nitro benzene ring substituents is 1. The van der Waals surface area contributed by atoms with E-state index in [0.29, 0.717) is 0 Å². The number of aryl methyl sites for hydroxylation is 1. The molecular formula is C8H10N2O2. The lowest BCUT2D eigenvalue weighted by molar-refractivity contribution is -0.383. The summed E-state index contributed by atoms with van der Waals surface area (Å²) in [4.78, 5) is 9.95. The van der Waals surface area contributed by atoms with Crippen molar-refractivity contribution in [1.29, 1.82) is 0 Å². The Morgan fingerprint density at radius 1 is 1.58 bits per heavy atom. The van der Waals surface area contributed by atoms with Crippen molar-refractivity contribution in [3.8, 4) is 0 Å². The fourth-order valence-corrected chi connectivity index (χ4v) is 0.967. The number of nitrogens with two attached hydrogens (primary N) is 1. The van der Waals surface area contributed by atoms with E-state index in [1.54, 1.807) is 12.1 Å². The van der Waals surface area contributed by atoms with Gasteiger partial charge in [0.25, 0.3) is 5.69 Å². The van der Waals surface area contributed by atoms with Crippen molar-refractivity contribution in [2.24, 2.45) is 0 Å². The quantitative estimate of drug-likeness (QED) is 0.413. The Labute approximate surface area is 70.2 Å². The molecule has 0 radical (unpaired) electrons. The molecule has 0 heterocycles. The van der Waals surface area contributed by atoms with Gasteiger partial charge in [-0.05, 0) is 18.1 Å². The molecule has 0 amide bonds. The Balaban J connectivity index is 3.17. The van der Waals surface area contributed by atoms with Crippen LogP contribution < -0.4 is 5.73 Å². The molecule has 64 valence electrons. The molecule has 0 saturated heterocycles. The van der Waals surface area contributed by atoms with Gasteiger partial charge in [-0.3, -0.25) is 10.1 Å². The molecule has 4 heteroatoms. The molecular weight excluding hydrogens is 156 g/mol. The van der Waals surface area contributed by atoms with Gasteiger partial charge in [-0.15, -0.1) is 0 Å². The topological polar surface area (TPSA) is 69.2 Å². The van der Waals surface area contributed by atoms with Crippen molar-refractivity contribution in [3.63, 3.8) is 0 Å². The Hall–Kier alpha value is -1.58. The third-order valence-electron chi connectivity index (χ3n) is 1.70. The maximum atomic E-state index is 10.4. The fraction of sp³-hybridized carbons (Fsp3) is 0.250. The molecule has 0 unspecified atom stereocenters. The van der Waals surface area contributed by atoms with Gasteiger partial charge in [0.1, 0.15) is 5.69 Å². The largest absolute Gasteiger partial charge is 0.393 e. The average molecular weight is 166 g/mol. The standard InChI is InChI=1S/C8H10N2O2/c1-2-6-3-4-7(9)8(5-6)10(11)12/h3-5H,2,9H2,1H3. The molecule has 12 heavy (non-hydrogen) atoms. The second-order valence-corrected chi connectivity index (χ2v) is 2.50. The molecule has 0 aliphatic heterocycles. The Bertz CT molecular complexity index is 310. The van der Waals surface area contributed by atoms with Crippen molar-refractivity contribution < 1.29 is 4.92 Å². The van der Waals surface area contributed by atoms with Gasteiger partial charge in [0, 0.05) is 6.07 Å². The molecule has 0 aliphatic carbocycles. The first-order valence-corrected chi connectivity index (χ1v) is 3.68. The summed E-state index contributed by atoms with van der Waals surface area (Å²) < 4.78 is 0.